The summed E-state index contributed by atoms with van der Waals surface area (Å²) in [6, 6.07) is 13.7. The fraction of sp³-hybridized carbons (Fsp3) is 0.200. The maximum absolute atomic E-state index is 14.6. The molecular weight excluding hydrogens is 470 g/mol. The summed E-state index contributed by atoms with van der Waals surface area (Å²) in [7, 11) is 0. The molecule has 0 spiro atoms. The Morgan fingerprint density at radius 2 is 1.68 bits per heavy atom. The zero-order valence-electron chi connectivity index (χ0n) is 17.8. The molecule has 1 aliphatic heterocycles. The number of amides is 2. The van der Waals surface area contributed by atoms with Crippen molar-refractivity contribution in [2.75, 3.05) is 13.1 Å². The lowest BCUT2D eigenvalue weighted by atomic mass is 9.79. The Kier molecular flexibility index (Phi) is 6.61. The number of nitrogens with one attached hydrogen (secondary N) is 1. The average molecular weight is 490 g/mol. The van der Waals surface area contributed by atoms with Crippen molar-refractivity contribution in [3.63, 3.8) is 0 Å². The number of benzene rings is 2. The summed E-state index contributed by atoms with van der Waals surface area (Å²) >= 11 is 6.01. The third kappa shape index (κ3) is 5.07. The highest BCUT2D eigenvalue weighted by Gasteiger charge is 2.41. The van der Waals surface area contributed by atoms with Crippen molar-refractivity contribution >= 4 is 17.6 Å². The van der Waals surface area contributed by atoms with Crippen molar-refractivity contribution in [2.24, 2.45) is 0 Å². The lowest BCUT2D eigenvalue weighted by Crippen LogP contribution is -2.53. The second-order valence-corrected chi connectivity index (χ2v) is 8.40. The van der Waals surface area contributed by atoms with Crippen molar-refractivity contribution < 1.29 is 22.4 Å². The van der Waals surface area contributed by atoms with Gasteiger partial charge in [0.15, 0.2) is 0 Å². The van der Waals surface area contributed by atoms with Crippen molar-refractivity contribution in [1.82, 2.24) is 15.2 Å². The number of nitrogens with zero attached hydrogens (tertiary/aromatic N) is 2. The molecule has 4 rings (SSSR count). The molecule has 3 aromatic rings. The van der Waals surface area contributed by atoms with E-state index >= 15 is 0 Å². The highest BCUT2D eigenvalue weighted by molar-refractivity contribution is 6.30. The van der Waals surface area contributed by atoms with Gasteiger partial charge in [0.25, 0.3) is 0 Å². The number of aromatic nitrogens is 1. The van der Waals surface area contributed by atoms with E-state index in [0.717, 1.165) is 12.1 Å². The maximum Gasteiger partial charge on any atom is 0.416 e. The summed E-state index contributed by atoms with van der Waals surface area (Å²) in [5.41, 5.74) is -1.94. The monoisotopic (exact) mass is 489 g/mol. The van der Waals surface area contributed by atoms with E-state index < -0.39 is 29.1 Å². The molecule has 2 aromatic carbocycles. The Morgan fingerprint density at radius 1 is 1.00 bits per heavy atom. The van der Waals surface area contributed by atoms with Crippen LogP contribution in [0.25, 0.3) is 0 Å². The molecule has 0 saturated carbocycles. The van der Waals surface area contributed by atoms with E-state index in [0.29, 0.717) is 29.7 Å². The van der Waals surface area contributed by atoms with Crippen LogP contribution in [-0.2, 0) is 18.1 Å². The maximum atomic E-state index is 14.6. The van der Waals surface area contributed by atoms with E-state index in [1.807, 2.05) is 12.2 Å². The molecule has 0 saturated heterocycles. The number of carbonyl (C=O) groups is 1. The second-order valence-electron chi connectivity index (χ2n) is 7.96. The summed E-state index contributed by atoms with van der Waals surface area (Å²) in [6.07, 6.45) is 0.192. The van der Waals surface area contributed by atoms with Gasteiger partial charge in [-0.3, -0.25) is 4.98 Å². The van der Waals surface area contributed by atoms with Gasteiger partial charge in [0.2, 0.25) is 0 Å². The fourth-order valence-corrected chi connectivity index (χ4v) is 4.07. The number of urea groups is 1. The average Bonchev–Trinajstić information content (AvgIpc) is 3.34. The van der Waals surface area contributed by atoms with Gasteiger partial charge in [0.1, 0.15) is 11.4 Å². The van der Waals surface area contributed by atoms with Gasteiger partial charge in [0.05, 0.1) is 16.3 Å². The number of hydrogen-bond acceptors (Lipinski definition) is 2. The Hall–Kier alpha value is -3.39. The van der Waals surface area contributed by atoms with Gasteiger partial charge < -0.3 is 10.2 Å². The predicted molar refractivity (Wildman–Crippen MR) is 121 cm³/mol. The van der Waals surface area contributed by atoms with Gasteiger partial charge in [-0.1, -0.05) is 54.1 Å². The van der Waals surface area contributed by atoms with Crippen LogP contribution in [0, 0.1) is 5.82 Å². The Morgan fingerprint density at radius 3 is 2.29 bits per heavy atom. The van der Waals surface area contributed by atoms with Crippen LogP contribution in [0.1, 0.15) is 22.4 Å². The number of rotatable bonds is 5. The molecule has 1 aromatic heterocycles. The zero-order valence-corrected chi connectivity index (χ0v) is 18.6. The normalized spacial score (nSPS) is 15.3. The third-order valence-electron chi connectivity index (χ3n) is 5.62. The number of pyridine rings is 1. The molecule has 2 amide bonds. The lowest BCUT2D eigenvalue weighted by Gasteiger charge is -2.37. The SMILES string of the molecule is O=C(N[C@@](Cc1ccccc1)(c1cc(F)cc(C(F)(F)F)c1)c1ccc(Cl)cn1)N1CC=CC1. The van der Waals surface area contributed by atoms with E-state index in [-0.39, 0.29) is 17.7 Å². The molecule has 9 heteroatoms. The summed E-state index contributed by atoms with van der Waals surface area (Å²) in [4.78, 5) is 19.1. The minimum atomic E-state index is -4.79. The predicted octanol–water partition coefficient (Wildman–Crippen LogP) is 5.96. The molecule has 1 aliphatic rings. The van der Waals surface area contributed by atoms with Crippen LogP contribution in [0.2, 0.25) is 5.02 Å². The van der Waals surface area contributed by atoms with E-state index in [1.165, 1.54) is 23.2 Å². The molecular formula is C25H20ClF4N3O. The molecule has 0 radical (unpaired) electrons. The van der Waals surface area contributed by atoms with Gasteiger partial charge in [-0.05, 0) is 41.5 Å². The first-order valence-corrected chi connectivity index (χ1v) is 10.8. The molecule has 1 atom stereocenters. The first-order chi connectivity index (χ1) is 16.2. The van der Waals surface area contributed by atoms with Gasteiger partial charge in [-0.25, -0.2) is 9.18 Å². The highest BCUT2D eigenvalue weighted by Crippen LogP contribution is 2.38. The Bertz CT molecular complexity index is 1190. The summed E-state index contributed by atoms with van der Waals surface area (Å²) in [5.74, 6) is -1.08. The van der Waals surface area contributed by atoms with E-state index in [2.05, 4.69) is 10.3 Å². The van der Waals surface area contributed by atoms with Gasteiger partial charge in [-0.15, -0.1) is 0 Å². The lowest BCUT2D eigenvalue weighted by molar-refractivity contribution is -0.137. The molecule has 34 heavy (non-hydrogen) atoms. The van der Waals surface area contributed by atoms with Crippen molar-refractivity contribution in [3.05, 3.63) is 112 Å². The minimum absolute atomic E-state index is 0.0240. The summed E-state index contributed by atoms with van der Waals surface area (Å²) in [5, 5.41) is 3.19. The molecule has 0 aliphatic carbocycles. The van der Waals surface area contributed by atoms with Crippen LogP contribution in [0.3, 0.4) is 0 Å². The topological polar surface area (TPSA) is 45.2 Å². The fourth-order valence-electron chi connectivity index (χ4n) is 3.96. The van der Waals surface area contributed by atoms with Crippen LogP contribution in [0.5, 0.6) is 0 Å². The van der Waals surface area contributed by atoms with Crippen molar-refractivity contribution in [3.8, 4) is 0 Å². The molecule has 0 fully saturated rings. The molecule has 0 unspecified atom stereocenters. The van der Waals surface area contributed by atoms with Gasteiger partial charge in [0, 0.05) is 25.7 Å². The number of hydrogen-bond donors (Lipinski definition) is 1. The van der Waals surface area contributed by atoms with Gasteiger partial charge in [-0.2, -0.15) is 13.2 Å². The zero-order chi connectivity index (χ0) is 24.3. The van der Waals surface area contributed by atoms with Crippen LogP contribution >= 0.6 is 11.6 Å². The largest absolute Gasteiger partial charge is 0.416 e. The van der Waals surface area contributed by atoms with Crippen molar-refractivity contribution in [2.45, 2.75) is 18.1 Å². The first-order valence-electron chi connectivity index (χ1n) is 10.4. The van der Waals surface area contributed by atoms with E-state index in [4.69, 9.17) is 11.6 Å². The summed E-state index contributed by atoms with van der Waals surface area (Å²) in [6.45, 7) is 0.691. The molecule has 176 valence electrons. The Labute approximate surface area is 198 Å². The van der Waals surface area contributed by atoms with Crippen LogP contribution in [-0.4, -0.2) is 29.0 Å². The first kappa shape index (κ1) is 23.8. The standard InChI is InChI=1S/C25H20ClF4N3O/c26-20-8-9-22(31-16-20)24(15-17-6-2-1-3-7-17,32-23(34)33-10-4-5-11-33)18-12-19(25(28,29)30)14-21(27)13-18/h1-9,12-14,16H,10-11,15H2,(H,32,34)/t24-/m0/s1. The van der Waals surface area contributed by atoms with E-state index in [1.54, 1.807) is 30.3 Å². The van der Waals surface area contributed by atoms with Crippen molar-refractivity contribution in [1.29, 1.82) is 0 Å². The molecule has 1 N–H and O–H groups in total. The molecule has 4 nitrogen and oxygen atoms in total. The smallest absolute Gasteiger partial charge is 0.322 e. The minimum Gasteiger partial charge on any atom is -0.322 e. The second kappa shape index (κ2) is 9.46. The van der Waals surface area contributed by atoms with Crippen LogP contribution in [0.4, 0.5) is 22.4 Å². The number of alkyl halides is 3. The Balaban J connectivity index is 1.94. The highest BCUT2D eigenvalue weighted by atomic mass is 35.5. The van der Waals surface area contributed by atoms with Crippen LogP contribution < -0.4 is 5.32 Å². The molecule has 0 bridgehead atoms. The number of carbonyl (C=O) groups excluding carboxylic acids is 1. The van der Waals surface area contributed by atoms with Gasteiger partial charge >= 0.3 is 12.2 Å². The molecule has 2 heterocycles. The third-order valence-corrected chi connectivity index (χ3v) is 5.84. The van der Waals surface area contributed by atoms with E-state index in [9.17, 15) is 22.4 Å². The summed E-state index contributed by atoms with van der Waals surface area (Å²) < 4.78 is 55.4. The number of halogens is 5. The van der Waals surface area contributed by atoms with Crippen LogP contribution in [0.15, 0.2) is 79.0 Å². The quantitative estimate of drug-likeness (QED) is 0.355.